The number of ketones is 2. The molecule has 7 heteroatoms. The lowest BCUT2D eigenvalue weighted by atomic mass is 9.80. The predicted molar refractivity (Wildman–Crippen MR) is 113 cm³/mol. The number of thiol groups is 1. The molecule has 1 aliphatic carbocycles. The maximum Gasteiger partial charge on any atom is 0.197 e. The van der Waals surface area contributed by atoms with Crippen LogP contribution in [0.25, 0.3) is 0 Å². The SMILES string of the molecule is CC(O)c1c(N)c2c(c(N)c1Oc1ccccc1)C(=O)c1cccc(S)c1C2=O. The normalized spacial score (nSPS) is 13.6. The highest BCUT2D eigenvalue weighted by Crippen LogP contribution is 2.47. The summed E-state index contributed by atoms with van der Waals surface area (Å²) in [5.74, 6) is -0.385. The van der Waals surface area contributed by atoms with Gasteiger partial charge in [-0.05, 0) is 25.1 Å². The maximum atomic E-state index is 13.2. The molecule has 1 aliphatic rings. The van der Waals surface area contributed by atoms with Crippen LogP contribution in [0.4, 0.5) is 11.4 Å². The summed E-state index contributed by atoms with van der Waals surface area (Å²) in [5, 5.41) is 10.4. The lowest BCUT2D eigenvalue weighted by Crippen LogP contribution is -2.26. The Hall–Kier alpha value is -3.29. The van der Waals surface area contributed by atoms with Crippen molar-refractivity contribution in [3.63, 3.8) is 0 Å². The standard InChI is InChI=1S/C22H18N2O4S/c1-10(25)14-18(23)16-17(19(24)22(14)28-11-6-3-2-4-7-11)20(26)12-8-5-9-13(29)15(12)21(16)27/h2-10,25,29H,23-24H2,1H3. The van der Waals surface area contributed by atoms with Crippen molar-refractivity contribution in [3.05, 3.63) is 76.3 Å². The van der Waals surface area contributed by atoms with E-state index in [1.165, 1.54) is 6.92 Å². The van der Waals surface area contributed by atoms with Gasteiger partial charge in [0.05, 0.1) is 28.6 Å². The molecule has 0 aromatic heterocycles. The molecule has 6 nitrogen and oxygen atoms in total. The van der Waals surface area contributed by atoms with E-state index in [-0.39, 0.29) is 44.9 Å². The fraction of sp³-hybridized carbons (Fsp3) is 0.0909. The average molecular weight is 406 g/mol. The van der Waals surface area contributed by atoms with Crippen molar-refractivity contribution >= 4 is 35.6 Å². The van der Waals surface area contributed by atoms with Gasteiger partial charge in [0.2, 0.25) is 0 Å². The van der Waals surface area contributed by atoms with E-state index in [4.69, 9.17) is 16.2 Å². The number of aliphatic hydroxyl groups is 1. The first-order valence-electron chi connectivity index (χ1n) is 8.90. The van der Waals surface area contributed by atoms with Crippen LogP contribution < -0.4 is 16.2 Å². The minimum Gasteiger partial charge on any atom is -0.455 e. The number of hydrogen-bond donors (Lipinski definition) is 4. The van der Waals surface area contributed by atoms with Gasteiger partial charge in [0.15, 0.2) is 17.3 Å². The average Bonchev–Trinajstić information content (AvgIpc) is 2.69. The highest BCUT2D eigenvalue weighted by molar-refractivity contribution is 7.80. The molecule has 0 spiro atoms. The number of fused-ring (bicyclic) bond motifs is 2. The van der Waals surface area contributed by atoms with Crippen LogP contribution in [0.5, 0.6) is 11.5 Å². The fourth-order valence-corrected chi connectivity index (χ4v) is 3.92. The Bertz CT molecular complexity index is 1170. The molecule has 146 valence electrons. The Labute approximate surface area is 172 Å². The van der Waals surface area contributed by atoms with Crippen LogP contribution >= 0.6 is 12.6 Å². The summed E-state index contributed by atoms with van der Waals surface area (Å²) >= 11 is 4.32. The first kappa shape index (κ1) is 19.0. The van der Waals surface area contributed by atoms with Crippen LogP contribution in [0, 0.1) is 0 Å². The van der Waals surface area contributed by atoms with E-state index in [0.717, 1.165) is 0 Å². The minimum atomic E-state index is -1.09. The van der Waals surface area contributed by atoms with Gasteiger partial charge in [0.1, 0.15) is 5.75 Å². The third-order valence-corrected chi connectivity index (χ3v) is 5.29. The Morgan fingerprint density at radius 3 is 2.21 bits per heavy atom. The monoisotopic (exact) mass is 406 g/mol. The molecule has 0 radical (unpaired) electrons. The first-order chi connectivity index (χ1) is 13.8. The first-order valence-corrected chi connectivity index (χ1v) is 9.34. The van der Waals surface area contributed by atoms with Crippen molar-refractivity contribution in [1.29, 1.82) is 0 Å². The van der Waals surface area contributed by atoms with Crippen LogP contribution in [0.2, 0.25) is 0 Å². The summed E-state index contributed by atoms with van der Waals surface area (Å²) in [4.78, 5) is 26.8. The van der Waals surface area contributed by atoms with Gasteiger partial charge in [-0.2, -0.15) is 0 Å². The quantitative estimate of drug-likeness (QED) is 0.304. The van der Waals surface area contributed by atoms with E-state index < -0.39 is 17.7 Å². The number of nitrogens with two attached hydrogens (primary N) is 2. The van der Waals surface area contributed by atoms with Crippen molar-refractivity contribution < 1.29 is 19.4 Å². The van der Waals surface area contributed by atoms with Gasteiger partial charge in [0.25, 0.3) is 0 Å². The summed E-state index contributed by atoms with van der Waals surface area (Å²) in [5.41, 5.74) is 13.0. The van der Waals surface area contributed by atoms with Crippen molar-refractivity contribution in [2.45, 2.75) is 17.9 Å². The highest BCUT2D eigenvalue weighted by Gasteiger charge is 2.38. The second-order valence-electron chi connectivity index (χ2n) is 6.77. The molecule has 0 saturated heterocycles. The van der Waals surface area contributed by atoms with Crippen LogP contribution in [0.15, 0.2) is 53.4 Å². The zero-order valence-corrected chi connectivity index (χ0v) is 16.4. The number of ether oxygens (including phenoxy) is 1. The van der Waals surface area contributed by atoms with Gasteiger partial charge in [0, 0.05) is 21.6 Å². The zero-order valence-electron chi connectivity index (χ0n) is 15.5. The number of anilines is 2. The molecule has 5 N–H and O–H groups in total. The molecule has 0 aliphatic heterocycles. The van der Waals surface area contributed by atoms with Crippen molar-refractivity contribution in [1.82, 2.24) is 0 Å². The van der Waals surface area contributed by atoms with Gasteiger partial charge in [-0.15, -0.1) is 12.6 Å². The van der Waals surface area contributed by atoms with Gasteiger partial charge in [-0.3, -0.25) is 9.59 Å². The minimum absolute atomic E-state index is 0.0192. The molecular weight excluding hydrogens is 388 g/mol. The number of aliphatic hydroxyl groups excluding tert-OH is 1. The second kappa shape index (κ2) is 6.95. The van der Waals surface area contributed by atoms with E-state index in [2.05, 4.69) is 12.6 Å². The molecule has 29 heavy (non-hydrogen) atoms. The van der Waals surface area contributed by atoms with E-state index in [0.29, 0.717) is 10.6 Å². The van der Waals surface area contributed by atoms with Crippen LogP contribution in [0.1, 0.15) is 50.4 Å². The lowest BCUT2D eigenvalue weighted by molar-refractivity contribution is 0.0977. The number of nitrogen functional groups attached to an aromatic ring is 2. The number of carbonyl (C=O) groups is 2. The molecule has 3 aromatic carbocycles. The summed E-state index contributed by atoms with van der Waals surface area (Å²) in [6.07, 6.45) is -1.09. The van der Waals surface area contributed by atoms with Crippen LogP contribution in [-0.2, 0) is 0 Å². The number of rotatable bonds is 3. The Balaban J connectivity index is 2.03. The zero-order chi connectivity index (χ0) is 20.9. The van der Waals surface area contributed by atoms with Crippen molar-refractivity contribution in [2.24, 2.45) is 0 Å². The van der Waals surface area contributed by atoms with Crippen LogP contribution in [0.3, 0.4) is 0 Å². The number of benzene rings is 3. The third kappa shape index (κ3) is 2.86. The summed E-state index contributed by atoms with van der Waals surface area (Å²) < 4.78 is 5.90. The molecule has 0 bridgehead atoms. The smallest absolute Gasteiger partial charge is 0.197 e. The van der Waals surface area contributed by atoms with E-state index in [1.807, 2.05) is 6.07 Å². The van der Waals surface area contributed by atoms with Gasteiger partial charge in [-0.1, -0.05) is 30.3 Å². The Kier molecular flexibility index (Phi) is 4.56. The molecule has 0 fully saturated rings. The molecule has 0 heterocycles. The number of para-hydroxylation sites is 1. The molecule has 4 rings (SSSR count). The van der Waals surface area contributed by atoms with Gasteiger partial charge >= 0.3 is 0 Å². The van der Waals surface area contributed by atoms with Crippen LogP contribution in [-0.4, -0.2) is 16.7 Å². The Morgan fingerprint density at radius 2 is 1.55 bits per heavy atom. The molecular formula is C22H18N2O4S. The molecule has 1 atom stereocenters. The highest BCUT2D eigenvalue weighted by atomic mass is 32.1. The summed E-state index contributed by atoms with van der Waals surface area (Å²) in [6, 6.07) is 13.6. The number of carbonyl (C=O) groups excluding carboxylic acids is 2. The number of hydrogen-bond acceptors (Lipinski definition) is 7. The largest absolute Gasteiger partial charge is 0.455 e. The van der Waals surface area contributed by atoms with E-state index >= 15 is 0 Å². The third-order valence-electron chi connectivity index (χ3n) is 4.92. The predicted octanol–water partition coefficient (Wildman–Crippen LogP) is 3.76. The summed E-state index contributed by atoms with van der Waals surface area (Å²) in [7, 11) is 0. The van der Waals surface area contributed by atoms with E-state index in [1.54, 1.807) is 42.5 Å². The topological polar surface area (TPSA) is 116 Å². The summed E-state index contributed by atoms with van der Waals surface area (Å²) in [6.45, 7) is 1.49. The van der Waals surface area contributed by atoms with E-state index in [9.17, 15) is 14.7 Å². The van der Waals surface area contributed by atoms with Crippen molar-refractivity contribution in [2.75, 3.05) is 11.5 Å². The fourth-order valence-electron chi connectivity index (χ4n) is 3.62. The second-order valence-corrected chi connectivity index (χ2v) is 7.25. The Morgan fingerprint density at radius 1 is 0.897 bits per heavy atom. The molecule has 0 saturated carbocycles. The molecule has 3 aromatic rings. The molecule has 0 amide bonds. The van der Waals surface area contributed by atoms with Crippen molar-refractivity contribution in [3.8, 4) is 11.5 Å². The molecule has 1 unspecified atom stereocenters. The van der Waals surface area contributed by atoms with Gasteiger partial charge in [-0.25, -0.2) is 0 Å². The maximum absolute atomic E-state index is 13.2. The van der Waals surface area contributed by atoms with Gasteiger partial charge < -0.3 is 21.3 Å². The lowest BCUT2D eigenvalue weighted by Gasteiger charge is -2.26.